The summed E-state index contributed by atoms with van der Waals surface area (Å²) in [6, 6.07) is 6.71. The van der Waals surface area contributed by atoms with Gasteiger partial charge in [-0.1, -0.05) is 0 Å². The summed E-state index contributed by atoms with van der Waals surface area (Å²) in [5.41, 5.74) is 0. The van der Waals surface area contributed by atoms with Gasteiger partial charge in [0.25, 0.3) is 10.0 Å². The topological polar surface area (TPSA) is 52.0 Å². The molecule has 16 heavy (non-hydrogen) atoms. The van der Waals surface area contributed by atoms with Crippen LogP contribution in [0.2, 0.25) is 0 Å². The molecule has 84 valence electrons. The summed E-state index contributed by atoms with van der Waals surface area (Å²) in [6.07, 6.45) is 2.92. The minimum Gasteiger partial charge on any atom is -0.241 e. The molecule has 0 bridgehead atoms. The van der Waals surface area contributed by atoms with Gasteiger partial charge in [0.05, 0.1) is 4.90 Å². The van der Waals surface area contributed by atoms with Crippen LogP contribution in [0, 0.1) is 10.5 Å². The van der Waals surface area contributed by atoms with Crippen LogP contribution in [-0.2, 0) is 10.0 Å². The van der Waals surface area contributed by atoms with Crippen LogP contribution in [0.1, 0.15) is 5.82 Å². The summed E-state index contributed by atoms with van der Waals surface area (Å²) < 4.78 is 26.5. The second kappa shape index (κ2) is 4.17. The molecular weight excluding hydrogens is 339 g/mol. The normalized spacial score (nSPS) is 11.6. The number of hydrogen-bond donors (Lipinski definition) is 0. The Balaban J connectivity index is 2.56. The van der Waals surface area contributed by atoms with Crippen LogP contribution in [0.15, 0.2) is 41.6 Å². The Morgan fingerprint density at radius 1 is 1.25 bits per heavy atom. The van der Waals surface area contributed by atoms with E-state index in [1.54, 1.807) is 31.2 Å². The van der Waals surface area contributed by atoms with Gasteiger partial charge >= 0.3 is 0 Å². The van der Waals surface area contributed by atoms with Gasteiger partial charge in [-0.25, -0.2) is 17.4 Å². The lowest BCUT2D eigenvalue weighted by Gasteiger charge is -2.06. The minimum absolute atomic E-state index is 0.272. The monoisotopic (exact) mass is 348 g/mol. The Morgan fingerprint density at radius 3 is 2.38 bits per heavy atom. The van der Waals surface area contributed by atoms with E-state index >= 15 is 0 Å². The van der Waals surface area contributed by atoms with Crippen molar-refractivity contribution >= 4 is 32.6 Å². The maximum absolute atomic E-state index is 12.1. The summed E-state index contributed by atoms with van der Waals surface area (Å²) in [7, 11) is -3.49. The smallest absolute Gasteiger partial charge is 0.241 e. The van der Waals surface area contributed by atoms with Crippen molar-refractivity contribution < 1.29 is 8.42 Å². The first-order valence-electron chi connectivity index (χ1n) is 4.53. The van der Waals surface area contributed by atoms with Gasteiger partial charge in [0.1, 0.15) is 5.82 Å². The Hall–Kier alpha value is -0.890. The molecule has 6 heteroatoms. The predicted octanol–water partition coefficient (Wildman–Crippen LogP) is 2.03. The van der Waals surface area contributed by atoms with E-state index in [2.05, 4.69) is 27.6 Å². The van der Waals surface area contributed by atoms with E-state index < -0.39 is 10.0 Å². The Bertz CT molecular complexity index is 602. The molecule has 1 heterocycles. The van der Waals surface area contributed by atoms with Gasteiger partial charge in [-0.05, 0) is 53.8 Å². The molecule has 0 unspecified atom stereocenters. The van der Waals surface area contributed by atoms with Gasteiger partial charge < -0.3 is 0 Å². The summed E-state index contributed by atoms with van der Waals surface area (Å²) in [5.74, 6) is 0.457. The number of aryl methyl sites for hydroxylation is 1. The molecule has 0 spiro atoms. The highest BCUT2D eigenvalue weighted by Crippen LogP contribution is 2.16. The van der Waals surface area contributed by atoms with Gasteiger partial charge in [-0.3, -0.25) is 0 Å². The Labute approximate surface area is 108 Å². The molecule has 0 atom stereocenters. The second-order valence-corrected chi connectivity index (χ2v) is 6.29. The molecular formula is C10H9IN2O2S. The van der Waals surface area contributed by atoms with Crippen molar-refractivity contribution in [1.82, 2.24) is 8.96 Å². The number of aromatic nitrogens is 2. The molecule has 1 aromatic heterocycles. The molecule has 0 saturated carbocycles. The molecule has 0 aliphatic rings. The zero-order valence-corrected chi connectivity index (χ0v) is 11.4. The standard InChI is InChI=1S/C10H9IN2O2S/c1-8-12-6-7-13(8)16(14,15)10-4-2-9(11)3-5-10/h2-7H,1H3. The van der Waals surface area contributed by atoms with Gasteiger partial charge in [-0.15, -0.1) is 0 Å². The number of rotatable bonds is 2. The van der Waals surface area contributed by atoms with Crippen molar-refractivity contribution in [3.05, 3.63) is 46.1 Å². The van der Waals surface area contributed by atoms with E-state index in [9.17, 15) is 8.42 Å². The van der Waals surface area contributed by atoms with E-state index in [-0.39, 0.29) is 4.90 Å². The Kier molecular flexibility index (Phi) is 3.02. The first-order chi connectivity index (χ1) is 7.51. The van der Waals surface area contributed by atoms with Crippen molar-refractivity contribution in [3.63, 3.8) is 0 Å². The van der Waals surface area contributed by atoms with Gasteiger partial charge in [-0.2, -0.15) is 0 Å². The third kappa shape index (κ3) is 1.99. The van der Waals surface area contributed by atoms with Gasteiger partial charge in [0, 0.05) is 16.0 Å². The molecule has 0 amide bonds. The summed E-state index contributed by atoms with van der Waals surface area (Å²) in [5, 5.41) is 0. The first kappa shape index (κ1) is 11.6. The zero-order chi connectivity index (χ0) is 11.8. The molecule has 0 radical (unpaired) electrons. The van der Waals surface area contributed by atoms with Gasteiger partial charge in [0.15, 0.2) is 0 Å². The molecule has 0 aliphatic heterocycles. The fourth-order valence-electron chi connectivity index (χ4n) is 1.34. The van der Waals surface area contributed by atoms with Crippen LogP contribution in [0.5, 0.6) is 0 Å². The molecule has 2 rings (SSSR count). The van der Waals surface area contributed by atoms with Crippen LogP contribution in [0.4, 0.5) is 0 Å². The highest BCUT2D eigenvalue weighted by Gasteiger charge is 2.17. The number of imidazole rings is 1. The fraction of sp³-hybridized carbons (Fsp3) is 0.100. The van der Waals surface area contributed by atoms with Gasteiger partial charge in [0.2, 0.25) is 0 Å². The Morgan fingerprint density at radius 2 is 1.88 bits per heavy atom. The van der Waals surface area contributed by atoms with E-state index in [0.717, 1.165) is 3.57 Å². The van der Waals surface area contributed by atoms with Crippen LogP contribution in [-0.4, -0.2) is 17.4 Å². The first-order valence-corrected chi connectivity index (χ1v) is 7.05. The number of halogens is 1. The van der Waals surface area contributed by atoms with E-state index in [1.807, 2.05) is 0 Å². The average molecular weight is 348 g/mol. The summed E-state index contributed by atoms with van der Waals surface area (Å²) in [4.78, 5) is 4.18. The maximum Gasteiger partial charge on any atom is 0.269 e. The highest BCUT2D eigenvalue weighted by atomic mass is 127. The largest absolute Gasteiger partial charge is 0.269 e. The summed E-state index contributed by atoms with van der Waals surface area (Å²) >= 11 is 2.13. The quantitative estimate of drug-likeness (QED) is 0.781. The molecule has 0 fully saturated rings. The lowest BCUT2D eigenvalue weighted by molar-refractivity contribution is 0.586. The maximum atomic E-state index is 12.1. The second-order valence-electron chi connectivity index (χ2n) is 3.23. The molecule has 0 saturated heterocycles. The van der Waals surface area contributed by atoms with Crippen molar-refractivity contribution in [2.24, 2.45) is 0 Å². The molecule has 2 aromatic rings. The molecule has 0 aliphatic carbocycles. The van der Waals surface area contributed by atoms with Crippen LogP contribution < -0.4 is 0 Å². The highest BCUT2D eigenvalue weighted by molar-refractivity contribution is 14.1. The number of nitrogens with zero attached hydrogens (tertiary/aromatic N) is 2. The van der Waals surface area contributed by atoms with Crippen molar-refractivity contribution in [1.29, 1.82) is 0 Å². The van der Waals surface area contributed by atoms with Crippen LogP contribution in [0.3, 0.4) is 0 Å². The molecule has 0 N–H and O–H groups in total. The van der Waals surface area contributed by atoms with E-state index in [0.29, 0.717) is 5.82 Å². The number of benzene rings is 1. The average Bonchev–Trinajstić information content (AvgIpc) is 2.66. The van der Waals surface area contributed by atoms with E-state index in [1.165, 1.54) is 16.4 Å². The minimum atomic E-state index is -3.49. The lowest BCUT2D eigenvalue weighted by atomic mass is 10.4. The van der Waals surface area contributed by atoms with Crippen molar-refractivity contribution in [3.8, 4) is 0 Å². The lowest BCUT2D eigenvalue weighted by Crippen LogP contribution is -2.13. The summed E-state index contributed by atoms with van der Waals surface area (Å²) in [6.45, 7) is 1.66. The molecule has 4 nitrogen and oxygen atoms in total. The zero-order valence-electron chi connectivity index (χ0n) is 8.46. The molecule has 1 aromatic carbocycles. The predicted molar refractivity (Wildman–Crippen MR) is 68.7 cm³/mol. The third-order valence-electron chi connectivity index (χ3n) is 2.15. The van der Waals surface area contributed by atoms with Crippen LogP contribution >= 0.6 is 22.6 Å². The fourth-order valence-corrected chi connectivity index (χ4v) is 3.02. The SMILES string of the molecule is Cc1nccn1S(=O)(=O)c1ccc(I)cc1. The van der Waals surface area contributed by atoms with Crippen molar-refractivity contribution in [2.75, 3.05) is 0 Å². The number of hydrogen-bond acceptors (Lipinski definition) is 3. The third-order valence-corrected chi connectivity index (χ3v) is 4.64. The van der Waals surface area contributed by atoms with Crippen molar-refractivity contribution in [2.45, 2.75) is 11.8 Å². The van der Waals surface area contributed by atoms with E-state index in [4.69, 9.17) is 0 Å². The van der Waals surface area contributed by atoms with Crippen LogP contribution in [0.25, 0.3) is 0 Å².